The number of hydrogen-bond donors (Lipinski definition) is 0. The summed E-state index contributed by atoms with van der Waals surface area (Å²) in [6.07, 6.45) is 5.96. The van der Waals surface area contributed by atoms with Gasteiger partial charge < -0.3 is 9.47 Å². The zero-order valence-corrected chi connectivity index (χ0v) is 14.3. The molecule has 0 radical (unpaired) electrons. The third-order valence-electron chi connectivity index (χ3n) is 4.35. The fourth-order valence-corrected chi connectivity index (χ4v) is 3.94. The number of carbonyl (C=O) groups excluding carboxylic acids is 2. The first-order valence-electron chi connectivity index (χ1n) is 7.92. The van der Waals surface area contributed by atoms with Crippen molar-refractivity contribution in [1.29, 1.82) is 0 Å². The third kappa shape index (κ3) is 3.52. The van der Waals surface area contributed by atoms with E-state index in [0.29, 0.717) is 15.7 Å². The Kier molecular flexibility index (Phi) is 4.61. The molecule has 2 aromatic heterocycles. The molecular weight excluding hydrogens is 310 g/mol. The summed E-state index contributed by atoms with van der Waals surface area (Å²) in [7, 11) is 0. The molecule has 3 heterocycles. The molecule has 2 aromatic rings. The van der Waals surface area contributed by atoms with Gasteiger partial charge in [-0.2, -0.15) is 0 Å². The van der Waals surface area contributed by atoms with Crippen LogP contribution in [0.3, 0.4) is 0 Å². The van der Waals surface area contributed by atoms with Gasteiger partial charge in [-0.1, -0.05) is 0 Å². The molecule has 1 aliphatic rings. The molecular formula is C17H21N3O2S. The maximum Gasteiger partial charge on any atom is 0.263 e. The summed E-state index contributed by atoms with van der Waals surface area (Å²) < 4.78 is 2.15. The lowest BCUT2D eigenvalue weighted by atomic mass is 9.97. The van der Waals surface area contributed by atoms with Gasteiger partial charge in [-0.15, -0.1) is 11.3 Å². The number of imidazole rings is 1. The highest BCUT2D eigenvalue weighted by molar-refractivity contribution is 7.15. The number of aromatic nitrogens is 2. The van der Waals surface area contributed by atoms with Crippen molar-refractivity contribution in [3.05, 3.63) is 40.1 Å². The van der Waals surface area contributed by atoms with E-state index in [1.54, 1.807) is 12.1 Å². The van der Waals surface area contributed by atoms with E-state index < -0.39 is 0 Å². The lowest BCUT2D eigenvalue weighted by Crippen LogP contribution is -2.40. The molecule has 6 heteroatoms. The Morgan fingerprint density at radius 3 is 2.78 bits per heavy atom. The molecule has 5 nitrogen and oxygen atoms in total. The van der Waals surface area contributed by atoms with Gasteiger partial charge in [0.1, 0.15) is 5.82 Å². The Bertz CT molecular complexity index is 719. The molecule has 0 saturated carbocycles. The monoisotopic (exact) mass is 331 g/mol. The first kappa shape index (κ1) is 15.9. The van der Waals surface area contributed by atoms with Crippen LogP contribution in [-0.4, -0.2) is 39.2 Å². The fourth-order valence-electron chi connectivity index (χ4n) is 3.07. The van der Waals surface area contributed by atoms with Crippen LogP contribution in [0.4, 0.5) is 0 Å². The lowest BCUT2D eigenvalue weighted by Gasteiger charge is -2.32. The Balaban J connectivity index is 1.66. The van der Waals surface area contributed by atoms with Crippen LogP contribution in [0.15, 0.2) is 24.5 Å². The summed E-state index contributed by atoms with van der Waals surface area (Å²) in [5.74, 6) is 1.53. The van der Waals surface area contributed by atoms with Crippen LogP contribution in [0, 0.1) is 12.8 Å². The van der Waals surface area contributed by atoms with E-state index >= 15 is 0 Å². The molecule has 1 amide bonds. The number of nitrogens with zero attached hydrogens (tertiary/aromatic N) is 3. The summed E-state index contributed by atoms with van der Waals surface area (Å²) in [6, 6.07) is 3.52. The van der Waals surface area contributed by atoms with Gasteiger partial charge in [-0.3, -0.25) is 9.59 Å². The number of piperidine rings is 1. The van der Waals surface area contributed by atoms with Gasteiger partial charge in [0.15, 0.2) is 5.78 Å². The van der Waals surface area contributed by atoms with Crippen molar-refractivity contribution in [3.63, 3.8) is 0 Å². The topological polar surface area (TPSA) is 55.2 Å². The Morgan fingerprint density at radius 1 is 1.35 bits per heavy atom. The zero-order chi connectivity index (χ0) is 16.4. The maximum absolute atomic E-state index is 12.7. The average Bonchev–Trinajstić information content (AvgIpc) is 3.17. The van der Waals surface area contributed by atoms with Gasteiger partial charge in [0, 0.05) is 32.0 Å². The number of hydrogen-bond acceptors (Lipinski definition) is 4. The highest BCUT2D eigenvalue weighted by Gasteiger charge is 2.26. The lowest BCUT2D eigenvalue weighted by molar-refractivity contribution is 0.0667. The first-order chi connectivity index (χ1) is 11.0. The zero-order valence-electron chi connectivity index (χ0n) is 13.5. The Morgan fingerprint density at radius 2 is 2.13 bits per heavy atom. The molecule has 1 aliphatic heterocycles. The molecule has 0 unspecified atom stereocenters. The second-order valence-corrected chi connectivity index (χ2v) is 7.19. The summed E-state index contributed by atoms with van der Waals surface area (Å²) in [5, 5.41) is 0. The molecule has 122 valence electrons. The number of likely N-dealkylation sites (tertiary alicyclic amines) is 1. The van der Waals surface area contributed by atoms with Crippen molar-refractivity contribution in [3.8, 4) is 0 Å². The Labute approximate surface area is 139 Å². The van der Waals surface area contributed by atoms with Crippen LogP contribution in [0.1, 0.15) is 44.9 Å². The molecule has 23 heavy (non-hydrogen) atoms. The minimum absolute atomic E-state index is 0.0150. The quantitative estimate of drug-likeness (QED) is 0.809. The predicted molar refractivity (Wildman–Crippen MR) is 89.9 cm³/mol. The number of amides is 1. The maximum atomic E-state index is 12.7. The van der Waals surface area contributed by atoms with Crippen molar-refractivity contribution in [2.45, 2.75) is 33.2 Å². The predicted octanol–water partition coefficient (Wildman–Crippen LogP) is 3.01. The third-order valence-corrected chi connectivity index (χ3v) is 5.52. The number of thiophene rings is 1. The number of carbonyl (C=O) groups is 2. The highest BCUT2D eigenvalue weighted by atomic mass is 32.1. The molecule has 0 N–H and O–H groups in total. The normalized spacial score (nSPS) is 18.2. The molecule has 0 aliphatic carbocycles. The van der Waals surface area contributed by atoms with Crippen molar-refractivity contribution in [1.82, 2.24) is 14.5 Å². The number of aryl methyl sites for hydroxylation is 1. The van der Waals surface area contributed by atoms with Crippen LogP contribution in [0.25, 0.3) is 0 Å². The van der Waals surface area contributed by atoms with E-state index in [2.05, 4.69) is 9.55 Å². The van der Waals surface area contributed by atoms with Crippen molar-refractivity contribution in [2.24, 2.45) is 5.92 Å². The average molecular weight is 331 g/mol. The smallest absolute Gasteiger partial charge is 0.263 e. The molecule has 1 atom stereocenters. The molecule has 0 bridgehead atoms. The van der Waals surface area contributed by atoms with E-state index in [-0.39, 0.29) is 11.7 Å². The van der Waals surface area contributed by atoms with Gasteiger partial charge in [0.25, 0.3) is 5.91 Å². The molecule has 3 rings (SSSR count). The van der Waals surface area contributed by atoms with Gasteiger partial charge >= 0.3 is 0 Å². The van der Waals surface area contributed by atoms with Crippen LogP contribution in [-0.2, 0) is 6.54 Å². The van der Waals surface area contributed by atoms with Crippen LogP contribution in [0.2, 0.25) is 0 Å². The van der Waals surface area contributed by atoms with E-state index in [0.717, 1.165) is 38.3 Å². The molecule has 1 fully saturated rings. The fraction of sp³-hybridized carbons (Fsp3) is 0.471. The van der Waals surface area contributed by atoms with E-state index in [1.165, 1.54) is 18.3 Å². The largest absolute Gasteiger partial charge is 0.338 e. The minimum Gasteiger partial charge on any atom is -0.338 e. The van der Waals surface area contributed by atoms with E-state index in [4.69, 9.17) is 0 Å². The van der Waals surface area contributed by atoms with Crippen LogP contribution < -0.4 is 0 Å². The summed E-state index contributed by atoms with van der Waals surface area (Å²) >= 11 is 1.30. The summed E-state index contributed by atoms with van der Waals surface area (Å²) in [6.45, 7) is 6.00. The van der Waals surface area contributed by atoms with Gasteiger partial charge in [0.05, 0.1) is 9.75 Å². The Hall–Kier alpha value is -1.95. The number of rotatable bonds is 4. The van der Waals surface area contributed by atoms with Crippen molar-refractivity contribution < 1.29 is 9.59 Å². The minimum atomic E-state index is 0.0150. The highest BCUT2D eigenvalue weighted by Crippen LogP contribution is 2.24. The summed E-state index contributed by atoms with van der Waals surface area (Å²) in [5.41, 5.74) is 0. The van der Waals surface area contributed by atoms with E-state index in [1.807, 2.05) is 24.2 Å². The van der Waals surface area contributed by atoms with Gasteiger partial charge in [0.2, 0.25) is 0 Å². The van der Waals surface area contributed by atoms with Crippen LogP contribution in [0.5, 0.6) is 0 Å². The van der Waals surface area contributed by atoms with E-state index in [9.17, 15) is 9.59 Å². The molecule has 0 spiro atoms. The summed E-state index contributed by atoms with van der Waals surface area (Å²) in [4.78, 5) is 31.5. The molecule has 0 aromatic carbocycles. The molecule has 1 saturated heterocycles. The van der Waals surface area contributed by atoms with Crippen molar-refractivity contribution >= 4 is 23.0 Å². The second kappa shape index (κ2) is 6.66. The number of Topliss-reactive ketones (excluding diaryl/α,β-unsaturated/α-hetero) is 1. The van der Waals surface area contributed by atoms with Crippen LogP contribution >= 0.6 is 11.3 Å². The first-order valence-corrected chi connectivity index (χ1v) is 8.74. The standard InChI is InChI=1S/C17H21N3O2S/c1-12(21)15-5-6-16(23-15)17(22)20-8-3-4-14(11-20)10-19-9-7-18-13(19)2/h5-7,9,14H,3-4,8,10-11H2,1-2H3/t14-/m1/s1. The van der Waals surface area contributed by atoms with Crippen molar-refractivity contribution in [2.75, 3.05) is 13.1 Å². The number of ketones is 1. The van der Waals surface area contributed by atoms with Gasteiger partial charge in [-0.25, -0.2) is 4.98 Å². The second-order valence-electron chi connectivity index (χ2n) is 6.11. The van der Waals surface area contributed by atoms with Gasteiger partial charge in [-0.05, 0) is 44.7 Å². The SMILES string of the molecule is CC(=O)c1ccc(C(=O)N2CCC[C@H](Cn3ccnc3C)C2)s1.